The number of aromatic nitrogens is 4. The SMILES string of the molecule is CC[C@@]1(OC(=O)C(NC(=O)[C@H](Cc2cnc[nH]2)NC(=S)Nc2ccc(O[C@H]3O[C@@H](C)[C@@H](O)[C@@H](OC)[C@@H]3O)cc2)C(C)C)C(=O)OCc2c1cc1n(c2=O)Cc2cc3ccccc3nc2-1. The second-order valence-corrected chi connectivity index (χ2v) is 16.8. The van der Waals surface area contributed by atoms with Crippen molar-refractivity contribution in [3.05, 3.63) is 106 Å². The van der Waals surface area contributed by atoms with Gasteiger partial charge in [-0.1, -0.05) is 39.0 Å². The van der Waals surface area contributed by atoms with Gasteiger partial charge in [-0.3, -0.25) is 9.59 Å². The molecule has 0 bridgehead atoms. The molecule has 8 atom stereocenters. The van der Waals surface area contributed by atoms with Gasteiger partial charge in [-0.15, -0.1) is 0 Å². The number of ether oxygens (including phenoxy) is 5. The number of esters is 2. The van der Waals surface area contributed by atoms with Crippen molar-refractivity contribution in [1.82, 2.24) is 30.2 Å². The van der Waals surface area contributed by atoms with E-state index < -0.39 is 72.2 Å². The Bertz CT molecular complexity index is 2640. The van der Waals surface area contributed by atoms with E-state index in [0.717, 1.165) is 16.5 Å². The Balaban J connectivity index is 0.986. The molecule has 1 unspecified atom stereocenters. The number of nitrogens with zero attached hydrogens (tertiary/aromatic N) is 3. The minimum absolute atomic E-state index is 0.0603. The van der Waals surface area contributed by atoms with Crippen molar-refractivity contribution in [1.29, 1.82) is 0 Å². The predicted octanol–water partition coefficient (Wildman–Crippen LogP) is 2.95. The Labute approximate surface area is 372 Å². The van der Waals surface area contributed by atoms with Gasteiger partial charge in [0, 0.05) is 47.6 Å². The van der Waals surface area contributed by atoms with Crippen molar-refractivity contribution in [2.75, 3.05) is 12.4 Å². The lowest BCUT2D eigenvalue weighted by molar-refractivity contribution is -0.272. The number of imidazole rings is 1. The van der Waals surface area contributed by atoms with E-state index in [-0.39, 0.29) is 47.8 Å². The van der Waals surface area contributed by atoms with Crippen LogP contribution < -0.4 is 26.2 Å². The van der Waals surface area contributed by atoms with Gasteiger partial charge >= 0.3 is 11.9 Å². The van der Waals surface area contributed by atoms with Crippen LogP contribution in [0.25, 0.3) is 22.3 Å². The lowest BCUT2D eigenvalue weighted by Crippen LogP contribution is -2.59. The molecule has 336 valence electrons. The summed E-state index contributed by atoms with van der Waals surface area (Å²) in [5.41, 5.74) is 1.84. The van der Waals surface area contributed by atoms with Crippen LogP contribution in [0, 0.1) is 5.92 Å². The van der Waals surface area contributed by atoms with Crippen LogP contribution in [0.5, 0.6) is 5.75 Å². The van der Waals surface area contributed by atoms with Gasteiger partial charge in [0.1, 0.15) is 42.8 Å². The van der Waals surface area contributed by atoms with Gasteiger partial charge in [0.25, 0.3) is 5.56 Å². The van der Waals surface area contributed by atoms with Gasteiger partial charge < -0.3 is 59.4 Å². The Morgan fingerprint density at radius 2 is 1.84 bits per heavy atom. The second-order valence-electron chi connectivity index (χ2n) is 16.4. The Kier molecular flexibility index (Phi) is 12.5. The lowest BCUT2D eigenvalue weighted by Gasteiger charge is -2.40. The number of carbonyl (C=O) groups excluding carboxylic acids is 3. The monoisotopic (exact) mass is 895 g/mol. The zero-order valence-electron chi connectivity index (χ0n) is 35.7. The highest BCUT2D eigenvalue weighted by atomic mass is 32.1. The van der Waals surface area contributed by atoms with Crippen molar-refractivity contribution in [3.63, 3.8) is 0 Å². The molecule has 1 saturated heterocycles. The van der Waals surface area contributed by atoms with E-state index in [1.165, 1.54) is 13.4 Å². The largest absolute Gasteiger partial charge is 0.462 e. The van der Waals surface area contributed by atoms with Gasteiger partial charge in [0.05, 0.1) is 41.4 Å². The fourth-order valence-corrected chi connectivity index (χ4v) is 8.60. The minimum Gasteiger partial charge on any atom is -0.462 e. The second kappa shape index (κ2) is 18.1. The highest BCUT2D eigenvalue weighted by Gasteiger charge is 2.52. The lowest BCUT2D eigenvalue weighted by atomic mass is 9.85. The number of pyridine rings is 2. The molecule has 6 N–H and O–H groups in total. The van der Waals surface area contributed by atoms with E-state index in [1.807, 2.05) is 30.3 Å². The highest BCUT2D eigenvalue weighted by Crippen LogP contribution is 2.41. The molecule has 1 amide bonds. The Morgan fingerprint density at radius 1 is 1.08 bits per heavy atom. The summed E-state index contributed by atoms with van der Waals surface area (Å²) in [5.74, 6) is -2.51. The van der Waals surface area contributed by atoms with Gasteiger partial charge in [0.15, 0.2) is 5.11 Å². The molecule has 18 nitrogen and oxygen atoms in total. The minimum atomic E-state index is -1.99. The number of methoxy groups -OCH3 is 1. The summed E-state index contributed by atoms with van der Waals surface area (Å²) in [6, 6.07) is 15.6. The van der Waals surface area contributed by atoms with E-state index in [1.54, 1.807) is 68.8 Å². The summed E-state index contributed by atoms with van der Waals surface area (Å²) >= 11 is 5.63. The summed E-state index contributed by atoms with van der Waals surface area (Å²) in [4.78, 5) is 68.4. The third-order valence-corrected chi connectivity index (χ3v) is 12.1. The van der Waals surface area contributed by atoms with Crippen LogP contribution in [0.2, 0.25) is 0 Å². The van der Waals surface area contributed by atoms with E-state index in [2.05, 4.69) is 25.9 Å². The van der Waals surface area contributed by atoms with Crippen LogP contribution >= 0.6 is 12.2 Å². The van der Waals surface area contributed by atoms with Crippen LogP contribution in [0.15, 0.2) is 78.0 Å². The van der Waals surface area contributed by atoms with E-state index >= 15 is 0 Å². The maximum Gasteiger partial charge on any atom is 0.355 e. The van der Waals surface area contributed by atoms with Crippen molar-refractivity contribution in [2.24, 2.45) is 5.92 Å². The van der Waals surface area contributed by atoms with Crippen molar-refractivity contribution >= 4 is 51.8 Å². The maximum absolute atomic E-state index is 14.3. The zero-order chi connectivity index (χ0) is 45.4. The van der Waals surface area contributed by atoms with Crippen LogP contribution in [0.1, 0.15) is 56.5 Å². The van der Waals surface area contributed by atoms with Crippen molar-refractivity contribution in [2.45, 2.75) is 102 Å². The van der Waals surface area contributed by atoms with Crippen LogP contribution in [-0.4, -0.2) is 103 Å². The van der Waals surface area contributed by atoms with Crippen molar-refractivity contribution in [3.8, 4) is 17.1 Å². The van der Waals surface area contributed by atoms with Gasteiger partial charge in [-0.05, 0) is 73.9 Å². The maximum atomic E-state index is 14.3. The number of aliphatic hydroxyl groups excluding tert-OH is 2. The highest BCUT2D eigenvalue weighted by molar-refractivity contribution is 7.80. The predicted molar refractivity (Wildman–Crippen MR) is 235 cm³/mol. The number of nitrogens with one attached hydrogen (secondary N) is 4. The quantitative estimate of drug-likeness (QED) is 0.0722. The summed E-state index contributed by atoms with van der Waals surface area (Å²) in [7, 11) is 1.38. The standard InChI is InChI=1S/C45H49N7O11S/c1-6-45(30-17-33-35-25(15-24-9-7-8-10-31(24)49-35)19-52(33)40(56)29(30)20-60-43(45)58)63-41(57)34(22(2)3)51-39(55)32(16-27-18-46-21-47-27)50-44(64)48-26-11-13-28(14-12-26)62-42-37(54)38(59-5)36(53)23(4)61-42/h7-15,17-18,21-23,32,34,36-38,42,53-54H,6,16,19-20H2,1-5H3,(H,46,47)(H,51,55)(H2,48,50,64)/t23-,32-,34?,36+,37-,38+,42+,45-/m0/s1. The normalized spacial score (nSPS) is 23.2. The number of aromatic amines is 1. The first-order valence-corrected chi connectivity index (χ1v) is 21.3. The zero-order valence-corrected chi connectivity index (χ0v) is 36.5. The fraction of sp³-hybridized carbons (Fsp3) is 0.400. The topological polar surface area (TPSA) is 237 Å². The molecule has 3 aliphatic heterocycles. The molecule has 3 aliphatic rings. The van der Waals surface area contributed by atoms with Gasteiger partial charge in [-0.2, -0.15) is 0 Å². The number of aliphatic hydroxyl groups is 2. The molecule has 0 aliphatic carbocycles. The number of para-hydroxylation sites is 1. The van der Waals surface area contributed by atoms with Crippen LogP contribution in [0.4, 0.5) is 5.69 Å². The first kappa shape index (κ1) is 44.4. The summed E-state index contributed by atoms with van der Waals surface area (Å²) in [5, 5.41) is 30.8. The third-order valence-electron chi connectivity index (χ3n) is 11.9. The Morgan fingerprint density at radius 3 is 2.55 bits per heavy atom. The van der Waals surface area contributed by atoms with Gasteiger partial charge in [-0.25, -0.2) is 19.6 Å². The smallest absolute Gasteiger partial charge is 0.355 e. The molecule has 6 heterocycles. The number of hydrogen-bond acceptors (Lipinski definition) is 14. The fourth-order valence-electron chi connectivity index (χ4n) is 8.34. The molecule has 3 aromatic heterocycles. The number of H-pyrrole nitrogens is 1. The van der Waals surface area contributed by atoms with E-state index in [9.17, 15) is 29.4 Å². The number of fused-ring (bicyclic) bond motifs is 5. The molecular formula is C45H49N7O11S. The molecule has 2 aromatic carbocycles. The summed E-state index contributed by atoms with van der Waals surface area (Å²) in [6.45, 7) is 6.74. The summed E-state index contributed by atoms with van der Waals surface area (Å²) in [6.07, 6.45) is -1.89. The number of amides is 1. The number of hydrogen-bond donors (Lipinski definition) is 6. The average molecular weight is 896 g/mol. The van der Waals surface area contributed by atoms with Gasteiger partial charge in [0.2, 0.25) is 17.8 Å². The summed E-state index contributed by atoms with van der Waals surface area (Å²) < 4.78 is 30.1. The number of rotatable bonds is 13. The molecule has 19 heteroatoms. The molecular weight excluding hydrogens is 847 g/mol. The van der Waals surface area contributed by atoms with Crippen molar-refractivity contribution < 1.29 is 48.3 Å². The number of cyclic esters (lactones) is 1. The molecule has 0 radical (unpaired) electrons. The number of thiocarbonyl (C=S) groups is 1. The molecule has 0 saturated carbocycles. The molecule has 64 heavy (non-hydrogen) atoms. The molecule has 0 spiro atoms. The third kappa shape index (κ3) is 8.44. The van der Waals surface area contributed by atoms with Crippen LogP contribution in [-0.2, 0) is 58.5 Å². The average Bonchev–Trinajstić information content (AvgIpc) is 3.93. The number of anilines is 1. The number of benzene rings is 2. The molecule has 8 rings (SSSR count). The molecule has 5 aromatic rings. The van der Waals surface area contributed by atoms with Crippen LogP contribution in [0.3, 0.4) is 0 Å². The number of carbonyl (C=O) groups is 3. The Hall–Kier alpha value is -6.25. The van der Waals surface area contributed by atoms with E-state index in [4.69, 9.17) is 40.9 Å². The molecule has 1 fully saturated rings. The van der Waals surface area contributed by atoms with E-state index in [0.29, 0.717) is 28.5 Å². The first-order valence-electron chi connectivity index (χ1n) is 20.9. The first-order chi connectivity index (χ1) is 30.7.